The molecule has 7 nitrogen and oxygen atoms in total. The van der Waals surface area contributed by atoms with Gasteiger partial charge in [-0.2, -0.15) is 0 Å². The molecule has 1 aliphatic heterocycles. The maximum atomic E-state index is 13.6. The number of methoxy groups -OCH3 is 2. The molecular formula is C25H24N4O3. The smallest absolute Gasteiger partial charge is 0.245 e. The number of hydrogen-bond donors (Lipinski definition) is 0. The summed E-state index contributed by atoms with van der Waals surface area (Å²) in [5, 5.41) is 8.39. The number of rotatable bonds is 5. The monoisotopic (exact) mass is 428 g/mol. The van der Waals surface area contributed by atoms with Crippen LogP contribution < -0.4 is 9.47 Å². The van der Waals surface area contributed by atoms with Crippen LogP contribution in [-0.4, -0.2) is 46.6 Å². The summed E-state index contributed by atoms with van der Waals surface area (Å²) in [6.45, 7) is 0.736. The van der Waals surface area contributed by atoms with Gasteiger partial charge >= 0.3 is 0 Å². The van der Waals surface area contributed by atoms with E-state index in [0.29, 0.717) is 18.0 Å². The highest BCUT2D eigenvalue weighted by Crippen LogP contribution is 2.41. The van der Waals surface area contributed by atoms with E-state index >= 15 is 0 Å². The van der Waals surface area contributed by atoms with Crippen molar-refractivity contribution in [3.63, 3.8) is 0 Å². The average molecular weight is 428 g/mol. The fraction of sp³-hybridized carbons (Fsp3) is 0.240. The summed E-state index contributed by atoms with van der Waals surface area (Å²) in [6, 6.07) is 21.6. The summed E-state index contributed by atoms with van der Waals surface area (Å²) in [4.78, 5) is 15.5. The van der Waals surface area contributed by atoms with Gasteiger partial charge in [-0.3, -0.25) is 4.79 Å². The summed E-state index contributed by atoms with van der Waals surface area (Å²) in [6.07, 6.45) is 0.739. The molecule has 0 bridgehead atoms. The minimum atomic E-state index is -0.220. The van der Waals surface area contributed by atoms with Crippen LogP contribution in [0.15, 0.2) is 66.7 Å². The minimum Gasteiger partial charge on any atom is -0.493 e. The van der Waals surface area contributed by atoms with Crippen LogP contribution in [0, 0.1) is 0 Å². The van der Waals surface area contributed by atoms with Crippen LogP contribution in [0.2, 0.25) is 0 Å². The number of para-hydroxylation sites is 1. The van der Waals surface area contributed by atoms with Crippen LogP contribution >= 0.6 is 0 Å². The molecule has 3 aromatic carbocycles. The quantitative estimate of drug-likeness (QED) is 0.486. The molecule has 1 atom stereocenters. The Morgan fingerprint density at radius 1 is 1.00 bits per heavy atom. The van der Waals surface area contributed by atoms with Gasteiger partial charge in [0.1, 0.15) is 12.1 Å². The standard InChI is InChI=1S/C25H24N4O3/c1-31-22-14-18-12-13-28(24(30)16-29-21-11-7-6-10-20(21)26-27-29)25(17-8-4-3-5-9-17)19(18)15-23(22)32-2/h3-11,14-15,25H,12-13,16H2,1-2H3. The summed E-state index contributed by atoms with van der Waals surface area (Å²) in [5.74, 6) is 1.35. The van der Waals surface area contributed by atoms with Gasteiger partial charge in [0.05, 0.1) is 25.8 Å². The number of amides is 1. The Kier molecular flexibility index (Phi) is 5.23. The fourth-order valence-electron chi connectivity index (χ4n) is 4.46. The van der Waals surface area contributed by atoms with Gasteiger partial charge in [0.15, 0.2) is 11.5 Å². The molecule has 1 unspecified atom stereocenters. The first-order valence-electron chi connectivity index (χ1n) is 10.6. The molecular weight excluding hydrogens is 404 g/mol. The van der Waals surface area contributed by atoms with Crippen LogP contribution in [0.5, 0.6) is 11.5 Å². The molecule has 4 aromatic rings. The first kappa shape index (κ1) is 20.1. The Morgan fingerprint density at radius 3 is 2.50 bits per heavy atom. The second-order valence-corrected chi connectivity index (χ2v) is 7.79. The topological polar surface area (TPSA) is 69.5 Å². The van der Waals surface area contributed by atoms with Crippen molar-refractivity contribution in [3.8, 4) is 11.5 Å². The molecule has 2 heterocycles. The van der Waals surface area contributed by atoms with Gasteiger partial charge in [0.2, 0.25) is 5.91 Å². The first-order valence-corrected chi connectivity index (χ1v) is 10.6. The van der Waals surface area contributed by atoms with Crippen molar-refractivity contribution in [3.05, 3.63) is 83.4 Å². The van der Waals surface area contributed by atoms with Gasteiger partial charge in [-0.1, -0.05) is 47.7 Å². The molecule has 0 aliphatic carbocycles. The lowest BCUT2D eigenvalue weighted by Gasteiger charge is -2.38. The Labute approximate surface area is 186 Å². The van der Waals surface area contributed by atoms with Gasteiger partial charge in [-0.05, 0) is 47.4 Å². The molecule has 1 aliphatic rings. The molecule has 162 valence electrons. The third-order valence-corrected chi connectivity index (χ3v) is 6.01. The lowest BCUT2D eigenvalue weighted by atomic mass is 9.87. The van der Waals surface area contributed by atoms with E-state index in [4.69, 9.17) is 9.47 Å². The second kappa shape index (κ2) is 8.34. The summed E-state index contributed by atoms with van der Waals surface area (Å²) >= 11 is 0. The van der Waals surface area contributed by atoms with Crippen molar-refractivity contribution in [2.24, 2.45) is 0 Å². The van der Waals surface area contributed by atoms with Crippen molar-refractivity contribution < 1.29 is 14.3 Å². The molecule has 0 fully saturated rings. The predicted octanol–water partition coefficient (Wildman–Crippen LogP) is 3.62. The lowest BCUT2D eigenvalue weighted by Crippen LogP contribution is -2.42. The molecule has 0 saturated heterocycles. The molecule has 5 rings (SSSR count). The van der Waals surface area contributed by atoms with Crippen molar-refractivity contribution >= 4 is 16.9 Å². The Balaban J connectivity index is 1.55. The largest absolute Gasteiger partial charge is 0.493 e. The zero-order chi connectivity index (χ0) is 22.1. The molecule has 7 heteroatoms. The van der Waals surface area contributed by atoms with E-state index in [9.17, 15) is 4.79 Å². The SMILES string of the molecule is COc1cc2c(cc1OC)C(c1ccccc1)N(C(=O)Cn1nnc3ccccc31)CC2. The normalized spacial score (nSPS) is 15.4. The number of nitrogens with zero attached hydrogens (tertiary/aromatic N) is 4. The molecule has 0 N–H and O–H groups in total. The highest BCUT2D eigenvalue weighted by molar-refractivity contribution is 5.81. The van der Waals surface area contributed by atoms with E-state index < -0.39 is 0 Å². The van der Waals surface area contributed by atoms with Gasteiger partial charge in [0, 0.05) is 6.54 Å². The Morgan fingerprint density at radius 2 is 1.72 bits per heavy atom. The number of carbonyl (C=O) groups is 1. The Bertz CT molecular complexity index is 1270. The average Bonchev–Trinajstić information content (AvgIpc) is 3.25. The lowest BCUT2D eigenvalue weighted by molar-refractivity contribution is -0.134. The summed E-state index contributed by atoms with van der Waals surface area (Å²) in [5.41, 5.74) is 4.89. The van der Waals surface area contributed by atoms with Crippen LogP contribution in [0.4, 0.5) is 0 Å². The van der Waals surface area contributed by atoms with Crippen molar-refractivity contribution in [1.82, 2.24) is 19.9 Å². The van der Waals surface area contributed by atoms with E-state index in [0.717, 1.165) is 34.1 Å². The summed E-state index contributed by atoms with van der Waals surface area (Å²) in [7, 11) is 3.27. The third-order valence-electron chi connectivity index (χ3n) is 6.01. The molecule has 32 heavy (non-hydrogen) atoms. The van der Waals surface area contributed by atoms with Gasteiger partial charge in [0.25, 0.3) is 0 Å². The highest BCUT2D eigenvalue weighted by atomic mass is 16.5. The number of fused-ring (bicyclic) bond motifs is 2. The zero-order valence-corrected chi connectivity index (χ0v) is 18.1. The fourth-order valence-corrected chi connectivity index (χ4v) is 4.46. The van der Waals surface area contributed by atoms with Crippen molar-refractivity contribution in [2.75, 3.05) is 20.8 Å². The maximum Gasteiger partial charge on any atom is 0.245 e. The predicted molar refractivity (Wildman–Crippen MR) is 121 cm³/mol. The molecule has 1 aromatic heterocycles. The van der Waals surface area contributed by atoms with E-state index in [1.165, 1.54) is 0 Å². The van der Waals surface area contributed by atoms with Crippen LogP contribution in [0.1, 0.15) is 22.7 Å². The van der Waals surface area contributed by atoms with E-state index in [-0.39, 0.29) is 18.5 Å². The van der Waals surface area contributed by atoms with E-state index in [2.05, 4.69) is 22.4 Å². The first-order chi connectivity index (χ1) is 15.7. The third kappa shape index (κ3) is 3.45. The second-order valence-electron chi connectivity index (χ2n) is 7.79. The van der Waals surface area contributed by atoms with Gasteiger partial charge in [-0.25, -0.2) is 4.68 Å². The van der Waals surface area contributed by atoms with Crippen LogP contribution in [0.25, 0.3) is 11.0 Å². The molecule has 0 spiro atoms. The number of aromatic nitrogens is 3. The van der Waals surface area contributed by atoms with Gasteiger partial charge in [-0.15, -0.1) is 5.10 Å². The van der Waals surface area contributed by atoms with Crippen molar-refractivity contribution in [2.45, 2.75) is 19.0 Å². The number of carbonyl (C=O) groups excluding carboxylic acids is 1. The number of hydrogen-bond acceptors (Lipinski definition) is 5. The maximum absolute atomic E-state index is 13.6. The number of ether oxygens (including phenoxy) is 2. The highest BCUT2D eigenvalue weighted by Gasteiger charge is 2.33. The molecule has 0 radical (unpaired) electrons. The van der Waals surface area contributed by atoms with E-state index in [1.807, 2.05) is 59.5 Å². The zero-order valence-electron chi connectivity index (χ0n) is 18.1. The van der Waals surface area contributed by atoms with Crippen molar-refractivity contribution in [1.29, 1.82) is 0 Å². The molecule has 0 saturated carbocycles. The number of benzene rings is 3. The summed E-state index contributed by atoms with van der Waals surface area (Å²) < 4.78 is 12.7. The molecule has 1 amide bonds. The minimum absolute atomic E-state index is 0.00468. The Hall–Kier alpha value is -3.87. The van der Waals surface area contributed by atoms with Crippen LogP contribution in [-0.2, 0) is 17.8 Å². The van der Waals surface area contributed by atoms with Gasteiger partial charge < -0.3 is 14.4 Å². The van der Waals surface area contributed by atoms with Crippen LogP contribution in [0.3, 0.4) is 0 Å². The van der Waals surface area contributed by atoms with E-state index in [1.54, 1.807) is 18.9 Å².